The van der Waals surface area contributed by atoms with Gasteiger partial charge in [0.15, 0.2) is 0 Å². The number of hydrogen-bond donors (Lipinski definition) is 1. The molecule has 0 aromatic carbocycles. The summed E-state index contributed by atoms with van der Waals surface area (Å²) < 4.78 is 0. The van der Waals surface area contributed by atoms with Crippen LogP contribution in [0.25, 0.3) is 0 Å². The Balaban J connectivity index is 2.24. The molecule has 2 rings (SSSR count). The zero-order valence-corrected chi connectivity index (χ0v) is 8.77. The predicted molar refractivity (Wildman–Crippen MR) is 58.6 cm³/mol. The lowest BCUT2D eigenvalue weighted by Gasteiger charge is -2.34. The molecule has 1 N–H and O–H groups in total. The van der Waals surface area contributed by atoms with Crippen LogP contribution in [0.4, 0.5) is 5.82 Å². The van der Waals surface area contributed by atoms with Crippen molar-refractivity contribution in [2.24, 2.45) is 0 Å². The Morgan fingerprint density at radius 2 is 2.47 bits per heavy atom. The van der Waals surface area contributed by atoms with Gasteiger partial charge in [-0.25, -0.2) is 4.98 Å². The number of aromatic nitrogens is 1. The van der Waals surface area contributed by atoms with Gasteiger partial charge in [-0.05, 0) is 19.1 Å². The maximum absolute atomic E-state index is 8.78. The second-order valence-corrected chi connectivity index (χ2v) is 3.74. The molecule has 1 aromatic heterocycles. The van der Waals surface area contributed by atoms with E-state index in [4.69, 9.17) is 5.26 Å². The lowest BCUT2D eigenvalue weighted by molar-refractivity contribution is 0.497. The lowest BCUT2D eigenvalue weighted by atomic mass is 10.2. The van der Waals surface area contributed by atoms with E-state index in [1.54, 1.807) is 6.07 Å². The highest BCUT2D eigenvalue weighted by molar-refractivity contribution is 5.43. The normalized spacial score (nSPS) is 21.1. The van der Waals surface area contributed by atoms with Gasteiger partial charge in [0.05, 0.1) is 0 Å². The fourth-order valence-corrected chi connectivity index (χ4v) is 1.83. The Kier molecular flexibility index (Phi) is 2.84. The lowest BCUT2D eigenvalue weighted by Crippen LogP contribution is -2.50. The van der Waals surface area contributed by atoms with Crippen molar-refractivity contribution in [1.29, 1.82) is 5.26 Å². The summed E-state index contributed by atoms with van der Waals surface area (Å²) in [6.07, 6.45) is 0. The van der Waals surface area contributed by atoms with E-state index in [9.17, 15) is 0 Å². The number of hydrogen-bond acceptors (Lipinski definition) is 4. The van der Waals surface area contributed by atoms with E-state index in [-0.39, 0.29) is 0 Å². The Morgan fingerprint density at radius 1 is 1.60 bits per heavy atom. The van der Waals surface area contributed by atoms with Crippen molar-refractivity contribution in [3.05, 3.63) is 23.9 Å². The van der Waals surface area contributed by atoms with Gasteiger partial charge >= 0.3 is 0 Å². The van der Waals surface area contributed by atoms with Gasteiger partial charge in [0, 0.05) is 25.7 Å². The van der Waals surface area contributed by atoms with Gasteiger partial charge < -0.3 is 10.2 Å². The number of anilines is 1. The van der Waals surface area contributed by atoms with E-state index in [0.717, 1.165) is 25.5 Å². The average molecular weight is 202 g/mol. The minimum Gasteiger partial charge on any atom is -0.351 e. The molecule has 1 saturated heterocycles. The number of nitrogens with zero attached hydrogens (tertiary/aromatic N) is 3. The molecule has 0 spiro atoms. The van der Waals surface area contributed by atoms with E-state index in [1.165, 1.54) is 0 Å². The SMILES string of the molecule is CC1CNCCN1c1cccc(C#N)n1. The molecule has 0 aliphatic carbocycles. The first-order valence-electron chi connectivity index (χ1n) is 5.16. The van der Waals surface area contributed by atoms with Crippen molar-refractivity contribution in [2.45, 2.75) is 13.0 Å². The maximum atomic E-state index is 8.78. The van der Waals surface area contributed by atoms with Gasteiger partial charge in [0.1, 0.15) is 17.6 Å². The van der Waals surface area contributed by atoms with Crippen LogP contribution in [-0.2, 0) is 0 Å². The molecule has 2 heterocycles. The highest BCUT2D eigenvalue weighted by Crippen LogP contribution is 2.15. The Labute approximate surface area is 89.5 Å². The number of rotatable bonds is 1. The quantitative estimate of drug-likeness (QED) is 0.730. The number of nitrogens with one attached hydrogen (secondary N) is 1. The zero-order chi connectivity index (χ0) is 10.7. The van der Waals surface area contributed by atoms with Crippen LogP contribution >= 0.6 is 0 Å². The van der Waals surface area contributed by atoms with E-state index in [1.807, 2.05) is 12.1 Å². The molecule has 78 valence electrons. The minimum absolute atomic E-state index is 0.431. The van der Waals surface area contributed by atoms with Crippen molar-refractivity contribution in [3.63, 3.8) is 0 Å². The van der Waals surface area contributed by atoms with Crippen LogP contribution in [0.1, 0.15) is 12.6 Å². The summed E-state index contributed by atoms with van der Waals surface area (Å²) in [4.78, 5) is 6.54. The van der Waals surface area contributed by atoms with Crippen molar-refractivity contribution in [2.75, 3.05) is 24.5 Å². The Hall–Kier alpha value is -1.60. The van der Waals surface area contributed by atoms with Crippen LogP contribution in [0.2, 0.25) is 0 Å². The summed E-state index contributed by atoms with van der Waals surface area (Å²) in [6, 6.07) is 8.08. The maximum Gasteiger partial charge on any atom is 0.142 e. The van der Waals surface area contributed by atoms with Crippen LogP contribution in [0.15, 0.2) is 18.2 Å². The monoisotopic (exact) mass is 202 g/mol. The fraction of sp³-hybridized carbons (Fsp3) is 0.455. The first-order chi connectivity index (χ1) is 7.31. The third-order valence-corrected chi connectivity index (χ3v) is 2.64. The number of pyridine rings is 1. The summed E-state index contributed by atoms with van der Waals surface area (Å²) in [5.41, 5.74) is 0.484. The van der Waals surface area contributed by atoms with E-state index >= 15 is 0 Å². The van der Waals surface area contributed by atoms with Crippen LogP contribution in [0.5, 0.6) is 0 Å². The molecule has 4 heteroatoms. The summed E-state index contributed by atoms with van der Waals surface area (Å²) in [5, 5.41) is 12.1. The first-order valence-corrected chi connectivity index (χ1v) is 5.16. The molecule has 1 atom stereocenters. The Morgan fingerprint density at radius 3 is 3.20 bits per heavy atom. The van der Waals surface area contributed by atoms with Gasteiger partial charge in [0.25, 0.3) is 0 Å². The van der Waals surface area contributed by atoms with E-state index in [2.05, 4.69) is 28.2 Å². The van der Waals surface area contributed by atoms with Crippen LogP contribution in [0.3, 0.4) is 0 Å². The summed E-state index contributed by atoms with van der Waals surface area (Å²) in [5.74, 6) is 0.906. The molecular formula is C11H14N4. The largest absolute Gasteiger partial charge is 0.351 e. The summed E-state index contributed by atoms with van der Waals surface area (Å²) >= 11 is 0. The summed E-state index contributed by atoms with van der Waals surface area (Å²) in [7, 11) is 0. The van der Waals surface area contributed by atoms with E-state index in [0.29, 0.717) is 11.7 Å². The molecule has 0 bridgehead atoms. The smallest absolute Gasteiger partial charge is 0.142 e. The van der Waals surface area contributed by atoms with Crippen LogP contribution in [-0.4, -0.2) is 30.7 Å². The topological polar surface area (TPSA) is 52.0 Å². The zero-order valence-electron chi connectivity index (χ0n) is 8.77. The van der Waals surface area contributed by atoms with Crippen LogP contribution in [0, 0.1) is 11.3 Å². The third-order valence-electron chi connectivity index (χ3n) is 2.64. The first kappa shape index (κ1) is 9.94. The fourth-order valence-electron chi connectivity index (χ4n) is 1.83. The van der Waals surface area contributed by atoms with Crippen molar-refractivity contribution in [1.82, 2.24) is 10.3 Å². The highest BCUT2D eigenvalue weighted by Gasteiger charge is 2.18. The molecule has 1 fully saturated rings. The molecule has 4 nitrogen and oxygen atoms in total. The van der Waals surface area contributed by atoms with Gasteiger partial charge in [-0.3, -0.25) is 0 Å². The second kappa shape index (κ2) is 4.28. The molecule has 1 unspecified atom stereocenters. The third kappa shape index (κ3) is 2.08. The molecule has 15 heavy (non-hydrogen) atoms. The van der Waals surface area contributed by atoms with Crippen molar-refractivity contribution >= 4 is 5.82 Å². The van der Waals surface area contributed by atoms with Gasteiger partial charge in [0.2, 0.25) is 0 Å². The standard InChI is InChI=1S/C11H14N4/c1-9-8-13-5-6-15(9)11-4-2-3-10(7-12)14-11/h2-4,9,13H,5-6,8H2,1H3. The molecule has 1 aliphatic heterocycles. The predicted octanol–water partition coefficient (Wildman–Crippen LogP) is 0.751. The second-order valence-electron chi connectivity index (χ2n) is 3.74. The summed E-state index contributed by atoms with van der Waals surface area (Å²) in [6.45, 7) is 5.05. The van der Waals surface area contributed by atoms with Crippen LogP contribution < -0.4 is 10.2 Å². The molecule has 0 radical (unpaired) electrons. The molecule has 1 aromatic rings. The average Bonchev–Trinajstić information content (AvgIpc) is 2.30. The number of piperazine rings is 1. The van der Waals surface area contributed by atoms with Gasteiger partial charge in [-0.15, -0.1) is 0 Å². The van der Waals surface area contributed by atoms with Gasteiger partial charge in [-0.2, -0.15) is 5.26 Å². The minimum atomic E-state index is 0.431. The molecule has 1 aliphatic rings. The van der Waals surface area contributed by atoms with Gasteiger partial charge in [-0.1, -0.05) is 6.07 Å². The van der Waals surface area contributed by atoms with E-state index < -0.39 is 0 Å². The molecule has 0 amide bonds. The Bertz CT molecular complexity index is 382. The molecule has 0 saturated carbocycles. The van der Waals surface area contributed by atoms with Crippen molar-refractivity contribution in [3.8, 4) is 6.07 Å². The van der Waals surface area contributed by atoms with Crippen molar-refractivity contribution < 1.29 is 0 Å². The number of nitriles is 1. The molecular weight excluding hydrogens is 188 g/mol. The highest BCUT2D eigenvalue weighted by atomic mass is 15.3.